The van der Waals surface area contributed by atoms with E-state index in [0.717, 1.165) is 11.5 Å². The Labute approximate surface area is 76.4 Å². The predicted molar refractivity (Wildman–Crippen MR) is 51.8 cm³/mol. The second-order valence-corrected chi connectivity index (χ2v) is 3.49. The first-order valence-electron chi connectivity index (χ1n) is 4.62. The van der Waals surface area contributed by atoms with Crippen LogP contribution in [0.4, 0.5) is 5.82 Å². The second-order valence-electron chi connectivity index (χ2n) is 3.49. The third-order valence-corrected chi connectivity index (χ3v) is 2.36. The highest BCUT2D eigenvalue weighted by atomic mass is 15.1. The van der Waals surface area contributed by atoms with Crippen molar-refractivity contribution in [2.45, 2.75) is 18.9 Å². The van der Waals surface area contributed by atoms with Gasteiger partial charge in [0.1, 0.15) is 11.5 Å². The van der Waals surface area contributed by atoms with Gasteiger partial charge in [0.05, 0.1) is 0 Å². The molecule has 1 aliphatic carbocycles. The van der Waals surface area contributed by atoms with Crippen LogP contribution < -0.4 is 5.32 Å². The van der Waals surface area contributed by atoms with Gasteiger partial charge in [0, 0.05) is 18.4 Å². The van der Waals surface area contributed by atoms with Crippen LogP contribution in [0, 0.1) is 0 Å². The minimum atomic E-state index is 0.688. The second kappa shape index (κ2) is 2.49. The van der Waals surface area contributed by atoms with Crippen LogP contribution in [-0.2, 0) is 0 Å². The molecular formula is C10H11N3. The molecule has 0 bridgehead atoms. The Morgan fingerprint density at radius 1 is 1.38 bits per heavy atom. The average molecular weight is 173 g/mol. The largest absolute Gasteiger partial charge is 0.368 e. The quantitative estimate of drug-likeness (QED) is 0.751. The molecule has 1 fully saturated rings. The highest BCUT2D eigenvalue weighted by Gasteiger charge is 2.21. The lowest BCUT2D eigenvalue weighted by molar-refractivity contribution is 1.07. The summed E-state index contributed by atoms with van der Waals surface area (Å²) < 4.78 is 2.08. The van der Waals surface area contributed by atoms with Gasteiger partial charge in [-0.25, -0.2) is 4.98 Å². The molecule has 2 aromatic heterocycles. The number of hydrogen-bond acceptors (Lipinski definition) is 2. The van der Waals surface area contributed by atoms with Crippen molar-refractivity contribution < 1.29 is 0 Å². The van der Waals surface area contributed by atoms with Crippen LogP contribution in [0.25, 0.3) is 5.65 Å². The van der Waals surface area contributed by atoms with Crippen molar-refractivity contribution in [3.63, 3.8) is 0 Å². The maximum atomic E-state index is 4.23. The summed E-state index contributed by atoms with van der Waals surface area (Å²) in [4.78, 5) is 4.23. The molecule has 0 amide bonds. The number of imidazole rings is 1. The van der Waals surface area contributed by atoms with Gasteiger partial charge < -0.3 is 5.32 Å². The molecule has 1 saturated carbocycles. The third kappa shape index (κ3) is 1.16. The molecule has 0 unspecified atom stereocenters. The molecule has 0 radical (unpaired) electrons. The van der Waals surface area contributed by atoms with Gasteiger partial charge in [-0.2, -0.15) is 0 Å². The SMILES string of the molecule is c1cc(NC2CC2)n2ccnc2c1. The number of fused-ring (bicyclic) bond motifs is 1. The molecule has 0 spiro atoms. The van der Waals surface area contributed by atoms with Gasteiger partial charge in [0.15, 0.2) is 0 Å². The van der Waals surface area contributed by atoms with E-state index in [2.05, 4.69) is 20.8 Å². The summed E-state index contributed by atoms with van der Waals surface area (Å²) in [6.07, 6.45) is 6.41. The highest BCUT2D eigenvalue weighted by molar-refractivity contribution is 5.50. The number of aromatic nitrogens is 2. The van der Waals surface area contributed by atoms with Crippen LogP contribution in [0.15, 0.2) is 30.6 Å². The minimum Gasteiger partial charge on any atom is -0.368 e. The van der Waals surface area contributed by atoms with Crippen LogP contribution in [0.3, 0.4) is 0 Å². The van der Waals surface area contributed by atoms with E-state index >= 15 is 0 Å². The Bertz CT molecular complexity index is 428. The maximum Gasteiger partial charge on any atom is 0.138 e. The molecule has 66 valence electrons. The zero-order valence-electron chi connectivity index (χ0n) is 7.27. The zero-order valence-corrected chi connectivity index (χ0v) is 7.27. The summed E-state index contributed by atoms with van der Waals surface area (Å²) >= 11 is 0. The van der Waals surface area contributed by atoms with Gasteiger partial charge >= 0.3 is 0 Å². The Morgan fingerprint density at radius 2 is 2.31 bits per heavy atom. The molecule has 2 heterocycles. The average Bonchev–Trinajstić information content (AvgIpc) is 2.83. The van der Waals surface area contributed by atoms with Gasteiger partial charge in [-0.3, -0.25) is 4.40 Å². The summed E-state index contributed by atoms with van der Waals surface area (Å²) in [7, 11) is 0. The van der Waals surface area contributed by atoms with E-state index in [1.807, 2.05) is 24.5 Å². The molecule has 1 N–H and O–H groups in total. The van der Waals surface area contributed by atoms with E-state index in [4.69, 9.17) is 0 Å². The fourth-order valence-electron chi connectivity index (χ4n) is 1.50. The molecule has 3 heteroatoms. The monoisotopic (exact) mass is 173 g/mol. The molecule has 2 aromatic rings. The molecule has 3 nitrogen and oxygen atoms in total. The molecule has 1 aliphatic rings. The number of nitrogens with one attached hydrogen (secondary N) is 1. The smallest absolute Gasteiger partial charge is 0.138 e. The molecule has 0 aromatic carbocycles. The van der Waals surface area contributed by atoms with Crippen LogP contribution in [0.2, 0.25) is 0 Å². The zero-order chi connectivity index (χ0) is 8.67. The van der Waals surface area contributed by atoms with Crippen molar-refractivity contribution in [1.29, 1.82) is 0 Å². The number of hydrogen-bond donors (Lipinski definition) is 1. The Morgan fingerprint density at radius 3 is 3.15 bits per heavy atom. The predicted octanol–water partition coefficient (Wildman–Crippen LogP) is 1.91. The van der Waals surface area contributed by atoms with E-state index < -0.39 is 0 Å². The van der Waals surface area contributed by atoms with Crippen molar-refractivity contribution in [2.75, 3.05) is 5.32 Å². The first-order chi connectivity index (χ1) is 6.43. The first kappa shape index (κ1) is 6.95. The molecular weight excluding hydrogens is 162 g/mol. The van der Waals surface area contributed by atoms with Crippen LogP contribution in [-0.4, -0.2) is 15.4 Å². The van der Waals surface area contributed by atoms with Crippen LogP contribution in [0.1, 0.15) is 12.8 Å². The lowest BCUT2D eigenvalue weighted by Gasteiger charge is -2.06. The minimum absolute atomic E-state index is 0.688. The van der Waals surface area contributed by atoms with Crippen molar-refractivity contribution in [3.8, 4) is 0 Å². The Balaban J connectivity index is 2.09. The van der Waals surface area contributed by atoms with E-state index in [-0.39, 0.29) is 0 Å². The lowest BCUT2D eigenvalue weighted by atomic mass is 10.4. The standard InChI is InChI=1S/C10H11N3/c1-2-9-11-6-7-13(9)10(3-1)12-8-4-5-8/h1-3,6-8,12H,4-5H2. The molecule has 0 aliphatic heterocycles. The normalized spacial score (nSPS) is 16.3. The molecule has 3 rings (SSSR count). The lowest BCUT2D eigenvalue weighted by Crippen LogP contribution is -2.04. The summed E-state index contributed by atoms with van der Waals surface area (Å²) in [6.45, 7) is 0. The van der Waals surface area contributed by atoms with Crippen molar-refractivity contribution in [3.05, 3.63) is 30.6 Å². The summed E-state index contributed by atoms with van der Waals surface area (Å²) in [6, 6.07) is 6.82. The van der Waals surface area contributed by atoms with E-state index in [1.54, 1.807) is 0 Å². The maximum absolute atomic E-state index is 4.23. The fourth-order valence-corrected chi connectivity index (χ4v) is 1.50. The van der Waals surface area contributed by atoms with Gasteiger partial charge in [0.25, 0.3) is 0 Å². The summed E-state index contributed by atoms with van der Waals surface area (Å²) in [5.41, 5.74) is 1.01. The van der Waals surface area contributed by atoms with Gasteiger partial charge in [-0.15, -0.1) is 0 Å². The third-order valence-electron chi connectivity index (χ3n) is 2.36. The van der Waals surface area contributed by atoms with Gasteiger partial charge in [0.2, 0.25) is 0 Å². The summed E-state index contributed by atoms with van der Waals surface area (Å²) in [5, 5.41) is 3.47. The molecule has 0 saturated heterocycles. The topological polar surface area (TPSA) is 29.3 Å². The van der Waals surface area contributed by atoms with E-state index in [1.165, 1.54) is 12.8 Å². The van der Waals surface area contributed by atoms with Crippen molar-refractivity contribution in [2.24, 2.45) is 0 Å². The number of anilines is 1. The van der Waals surface area contributed by atoms with Crippen molar-refractivity contribution in [1.82, 2.24) is 9.38 Å². The van der Waals surface area contributed by atoms with Crippen molar-refractivity contribution >= 4 is 11.5 Å². The Kier molecular flexibility index (Phi) is 1.33. The first-order valence-corrected chi connectivity index (χ1v) is 4.62. The number of rotatable bonds is 2. The van der Waals surface area contributed by atoms with Gasteiger partial charge in [-0.05, 0) is 25.0 Å². The van der Waals surface area contributed by atoms with Crippen LogP contribution >= 0.6 is 0 Å². The molecule has 13 heavy (non-hydrogen) atoms. The van der Waals surface area contributed by atoms with Gasteiger partial charge in [-0.1, -0.05) is 6.07 Å². The van der Waals surface area contributed by atoms with Crippen LogP contribution in [0.5, 0.6) is 0 Å². The number of nitrogens with zero attached hydrogens (tertiary/aromatic N) is 2. The summed E-state index contributed by atoms with van der Waals surface area (Å²) in [5.74, 6) is 1.15. The molecule has 0 atom stereocenters. The number of pyridine rings is 1. The Hall–Kier alpha value is -1.51. The van der Waals surface area contributed by atoms with E-state index in [0.29, 0.717) is 6.04 Å². The fraction of sp³-hybridized carbons (Fsp3) is 0.300. The highest BCUT2D eigenvalue weighted by Crippen LogP contribution is 2.24. The van der Waals surface area contributed by atoms with E-state index in [9.17, 15) is 0 Å².